The number of hydrogen-bond acceptors (Lipinski definition) is 4. The average Bonchev–Trinajstić information content (AvgIpc) is 2.73. The normalized spacial score (nSPS) is 16.8. The Bertz CT molecular complexity index is 1120. The van der Waals surface area contributed by atoms with Gasteiger partial charge in [0.1, 0.15) is 0 Å². The molecule has 1 aliphatic heterocycles. The molecule has 1 aliphatic rings. The minimum Gasteiger partial charge on any atom is -0.296 e. The lowest BCUT2D eigenvalue weighted by Gasteiger charge is -2.34. The van der Waals surface area contributed by atoms with Crippen molar-refractivity contribution in [3.63, 3.8) is 0 Å². The molecule has 6 heteroatoms. The molecule has 2 heterocycles. The molecule has 0 radical (unpaired) electrons. The predicted octanol–water partition coefficient (Wildman–Crippen LogP) is 4.04. The van der Waals surface area contributed by atoms with Gasteiger partial charge in [0.15, 0.2) is 0 Å². The Morgan fingerprint density at radius 1 is 0.933 bits per heavy atom. The molecule has 0 unspecified atom stereocenters. The highest BCUT2D eigenvalue weighted by Crippen LogP contribution is 2.26. The zero-order valence-electron chi connectivity index (χ0n) is 17.9. The van der Waals surface area contributed by atoms with Crippen LogP contribution in [-0.4, -0.2) is 48.8 Å². The molecule has 0 atom stereocenters. The van der Waals surface area contributed by atoms with Crippen molar-refractivity contribution in [3.05, 3.63) is 72.1 Å². The number of piperazine rings is 1. The molecule has 2 aromatic carbocycles. The molecule has 1 fully saturated rings. The molecule has 1 aromatic heterocycles. The molecule has 0 saturated carbocycles. The molecule has 0 spiro atoms. The Hall–Kier alpha value is -2.28. The van der Waals surface area contributed by atoms with E-state index < -0.39 is 10.0 Å². The van der Waals surface area contributed by atoms with Gasteiger partial charge in [-0.2, -0.15) is 4.31 Å². The van der Waals surface area contributed by atoms with Crippen LogP contribution in [0.5, 0.6) is 0 Å². The van der Waals surface area contributed by atoms with Gasteiger partial charge in [0.2, 0.25) is 10.0 Å². The van der Waals surface area contributed by atoms with Crippen LogP contribution >= 0.6 is 0 Å². The fourth-order valence-electron chi connectivity index (χ4n) is 3.95. The number of benzene rings is 2. The zero-order chi connectivity index (χ0) is 21.4. The Kier molecular flexibility index (Phi) is 5.66. The summed E-state index contributed by atoms with van der Waals surface area (Å²) in [5.41, 5.74) is 2.74. The summed E-state index contributed by atoms with van der Waals surface area (Å²) in [6.45, 7) is 9.96. The van der Waals surface area contributed by atoms with Gasteiger partial charge >= 0.3 is 0 Å². The number of fused-ring (bicyclic) bond motifs is 1. The van der Waals surface area contributed by atoms with E-state index in [4.69, 9.17) is 0 Å². The Morgan fingerprint density at radius 3 is 2.30 bits per heavy atom. The first kappa shape index (κ1) is 21.0. The first-order valence-corrected chi connectivity index (χ1v) is 11.8. The van der Waals surface area contributed by atoms with E-state index in [-0.39, 0.29) is 5.41 Å². The molecule has 3 aromatic rings. The molecule has 1 saturated heterocycles. The summed E-state index contributed by atoms with van der Waals surface area (Å²) in [6.07, 6.45) is 3.35. The Balaban J connectivity index is 1.44. The maximum atomic E-state index is 13.3. The van der Waals surface area contributed by atoms with Crippen molar-refractivity contribution in [3.8, 4) is 0 Å². The van der Waals surface area contributed by atoms with E-state index in [1.54, 1.807) is 34.9 Å². The van der Waals surface area contributed by atoms with E-state index in [0.717, 1.165) is 30.4 Å². The highest BCUT2D eigenvalue weighted by Gasteiger charge is 2.29. The van der Waals surface area contributed by atoms with E-state index >= 15 is 0 Å². The molecule has 158 valence electrons. The third kappa shape index (κ3) is 4.26. The van der Waals surface area contributed by atoms with Gasteiger partial charge in [-0.05, 0) is 28.7 Å². The van der Waals surface area contributed by atoms with Gasteiger partial charge in [-0.3, -0.25) is 9.88 Å². The van der Waals surface area contributed by atoms with Crippen LogP contribution in [0.4, 0.5) is 0 Å². The van der Waals surface area contributed by atoms with Gasteiger partial charge in [-0.1, -0.05) is 57.2 Å². The van der Waals surface area contributed by atoms with Gasteiger partial charge in [0.05, 0.1) is 4.90 Å². The molecule has 0 bridgehead atoms. The highest BCUT2D eigenvalue weighted by atomic mass is 32.2. The first-order valence-electron chi connectivity index (χ1n) is 10.4. The summed E-state index contributed by atoms with van der Waals surface area (Å²) in [5.74, 6) is 0. The van der Waals surface area contributed by atoms with Crippen LogP contribution in [0.2, 0.25) is 0 Å². The summed E-state index contributed by atoms with van der Waals surface area (Å²) < 4.78 is 28.2. The van der Waals surface area contributed by atoms with Crippen molar-refractivity contribution in [2.24, 2.45) is 0 Å². The third-order valence-electron chi connectivity index (χ3n) is 5.82. The smallest absolute Gasteiger partial charge is 0.243 e. The second-order valence-electron chi connectivity index (χ2n) is 8.98. The molecular formula is C24H29N3O2S. The fourth-order valence-corrected chi connectivity index (χ4v) is 5.59. The lowest BCUT2D eigenvalue weighted by atomic mass is 9.87. The minimum atomic E-state index is -3.53. The van der Waals surface area contributed by atoms with Crippen molar-refractivity contribution in [2.75, 3.05) is 26.2 Å². The number of sulfonamides is 1. The van der Waals surface area contributed by atoms with Crippen LogP contribution < -0.4 is 0 Å². The summed E-state index contributed by atoms with van der Waals surface area (Å²) in [7, 11) is -3.53. The van der Waals surface area contributed by atoms with Crippen LogP contribution in [0.3, 0.4) is 0 Å². The van der Waals surface area contributed by atoms with Crippen LogP contribution in [0.15, 0.2) is 65.8 Å². The maximum Gasteiger partial charge on any atom is 0.243 e. The third-order valence-corrected chi connectivity index (χ3v) is 7.77. The Labute approximate surface area is 179 Å². The molecule has 30 heavy (non-hydrogen) atoms. The SMILES string of the molecule is CC(C)(C)c1ccc(CN2CCN(S(=O)(=O)c3cccc4cnccc34)CC2)cc1. The topological polar surface area (TPSA) is 53.5 Å². The van der Waals surface area contributed by atoms with Gasteiger partial charge in [0.25, 0.3) is 0 Å². The fraction of sp³-hybridized carbons (Fsp3) is 0.375. The molecule has 0 N–H and O–H groups in total. The average molecular weight is 424 g/mol. The van der Waals surface area contributed by atoms with Gasteiger partial charge in [-0.25, -0.2) is 8.42 Å². The van der Waals surface area contributed by atoms with E-state index in [1.165, 1.54) is 11.1 Å². The van der Waals surface area contributed by atoms with Crippen molar-refractivity contribution < 1.29 is 8.42 Å². The summed E-state index contributed by atoms with van der Waals surface area (Å²) in [5, 5.41) is 1.57. The highest BCUT2D eigenvalue weighted by molar-refractivity contribution is 7.89. The number of rotatable bonds is 4. The summed E-state index contributed by atoms with van der Waals surface area (Å²) in [6, 6.07) is 15.9. The number of hydrogen-bond donors (Lipinski definition) is 0. The zero-order valence-corrected chi connectivity index (χ0v) is 18.7. The number of nitrogens with zero attached hydrogens (tertiary/aromatic N) is 3. The van der Waals surface area contributed by atoms with Gasteiger partial charge in [0, 0.05) is 55.9 Å². The largest absolute Gasteiger partial charge is 0.296 e. The monoisotopic (exact) mass is 423 g/mol. The quantitative estimate of drug-likeness (QED) is 0.636. The van der Waals surface area contributed by atoms with E-state index in [0.29, 0.717) is 18.0 Å². The van der Waals surface area contributed by atoms with Crippen molar-refractivity contribution >= 4 is 20.8 Å². The van der Waals surface area contributed by atoms with E-state index in [1.807, 2.05) is 6.07 Å². The standard InChI is InChI=1S/C24H29N3O2S/c1-24(2,3)21-9-7-19(8-10-21)18-26-13-15-27(16-14-26)30(28,29)23-6-4-5-20-17-25-12-11-22(20)23/h4-12,17H,13-16,18H2,1-3H3. The van der Waals surface area contributed by atoms with Crippen LogP contribution in [0.25, 0.3) is 10.8 Å². The summed E-state index contributed by atoms with van der Waals surface area (Å²) >= 11 is 0. The minimum absolute atomic E-state index is 0.149. The van der Waals surface area contributed by atoms with Crippen LogP contribution in [0.1, 0.15) is 31.9 Å². The number of pyridine rings is 1. The van der Waals surface area contributed by atoms with E-state index in [2.05, 4.69) is 54.9 Å². The van der Waals surface area contributed by atoms with Crippen molar-refractivity contribution in [2.45, 2.75) is 37.6 Å². The van der Waals surface area contributed by atoms with Gasteiger partial charge < -0.3 is 0 Å². The lowest BCUT2D eigenvalue weighted by Crippen LogP contribution is -2.48. The van der Waals surface area contributed by atoms with Crippen molar-refractivity contribution in [1.82, 2.24) is 14.2 Å². The second kappa shape index (κ2) is 8.10. The van der Waals surface area contributed by atoms with Crippen LogP contribution in [-0.2, 0) is 22.0 Å². The number of aromatic nitrogens is 1. The molecule has 5 nitrogen and oxygen atoms in total. The van der Waals surface area contributed by atoms with Crippen molar-refractivity contribution in [1.29, 1.82) is 0 Å². The predicted molar refractivity (Wildman–Crippen MR) is 121 cm³/mol. The Morgan fingerprint density at radius 2 is 1.63 bits per heavy atom. The van der Waals surface area contributed by atoms with Gasteiger partial charge in [-0.15, -0.1) is 0 Å². The second-order valence-corrected chi connectivity index (χ2v) is 10.9. The summed E-state index contributed by atoms with van der Waals surface area (Å²) in [4.78, 5) is 6.80. The maximum absolute atomic E-state index is 13.3. The first-order chi connectivity index (χ1) is 14.2. The van der Waals surface area contributed by atoms with E-state index in [9.17, 15) is 8.42 Å². The lowest BCUT2D eigenvalue weighted by molar-refractivity contribution is 0.181. The van der Waals surface area contributed by atoms with Crippen LogP contribution in [0, 0.1) is 0 Å². The molecule has 4 rings (SSSR count). The molecule has 0 aliphatic carbocycles. The molecular weight excluding hydrogens is 394 g/mol. The molecule has 0 amide bonds.